The molecule has 4 heterocycles. The van der Waals surface area contributed by atoms with Crippen molar-refractivity contribution >= 4 is 43.7 Å². The fourth-order valence-electron chi connectivity index (χ4n) is 4.13. The number of nitrogens with one attached hydrogen (secondary N) is 1. The maximum Gasteiger partial charge on any atom is 0.264 e. The number of hydrogen-bond acceptors (Lipinski definition) is 5. The lowest BCUT2D eigenvalue weighted by Gasteiger charge is -2.26. The molecule has 0 bridgehead atoms. The summed E-state index contributed by atoms with van der Waals surface area (Å²) in [5, 5.41) is 1.01. The molecule has 1 aliphatic rings. The van der Waals surface area contributed by atoms with Crippen LogP contribution in [0.3, 0.4) is 0 Å². The summed E-state index contributed by atoms with van der Waals surface area (Å²) in [4.78, 5) is 24.7. The minimum absolute atomic E-state index is 0.0869. The summed E-state index contributed by atoms with van der Waals surface area (Å²) >= 11 is 1.53. The molecular formula is C25H23N3O3S2. The van der Waals surface area contributed by atoms with Crippen molar-refractivity contribution in [2.75, 3.05) is 19.3 Å². The van der Waals surface area contributed by atoms with E-state index in [2.05, 4.69) is 22.1 Å². The van der Waals surface area contributed by atoms with E-state index in [1.165, 1.54) is 23.2 Å². The molecule has 0 unspecified atom stereocenters. The monoisotopic (exact) mass is 477 g/mol. The Morgan fingerprint density at radius 1 is 1.12 bits per heavy atom. The maximum atomic E-state index is 12.8. The van der Waals surface area contributed by atoms with Crippen molar-refractivity contribution < 1.29 is 13.2 Å². The molecule has 0 fully saturated rings. The number of nitrogens with zero attached hydrogens (tertiary/aromatic N) is 2. The molecular weight excluding hydrogens is 454 g/mol. The molecule has 0 radical (unpaired) electrons. The molecule has 0 atom stereocenters. The van der Waals surface area contributed by atoms with Gasteiger partial charge in [-0.2, -0.15) is 0 Å². The molecule has 3 aromatic heterocycles. The number of rotatable bonds is 4. The van der Waals surface area contributed by atoms with Gasteiger partial charge in [-0.15, -0.1) is 11.3 Å². The van der Waals surface area contributed by atoms with E-state index in [0.29, 0.717) is 18.0 Å². The Morgan fingerprint density at radius 2 is 1.91 bits per heavy atom. The zero-order chi connectivity index (χ0) is 23.2. The highest BCUT2D eigenvalue weighted by atomic mass is 32.2. The van der Waals surface area contributed by atoms with Gasteiger partial charge in [0.15, 0.2) is 9.84 Å². The van der Waals surface area contributed by atoms with Crippen LogP contribution in [0.4, 0.5) is 0 Å². The van der Waals surface area contributed by atoms with E-state index >= 15 is 0 Å². The van der Waals surface area contributed by atoms with Crippen LogP contribution >= 0.6 is 11.3 Å². The predicted molar refractivity (Wildman–Crippen MR) is 132 cm³/mol. The Bertz CT molecular complexity index is 1500. The third kappa shape index (κ3) is 4.24. The van der Waals surface area contributed by atoms with Crippen LogP contribution in [0.1, 0.15) is 26.5 Å². The van der Waals surface area contributed by atoms with Gasteiger partial charge in [-0.25, -0.2) is 13.4 Å². The second-order valence-electron chi connectivity index (χ2n) is 8.26. The Labute approximate surface area is 196 Å². The Kier molecular flexibility index (Phi) is 5.42. The molecule has 5 rings (SSSR count). The van der Waals surface area contributed by atoms with Crippen molar-refractivity contribution in [3.8, 4) is 11.1 Å². The number of aryl methyl sites for hydroxylation is 1. The number of aromatic amines is 1. The van der Waals surface area contributed by atoms with Gasteiger partial charge in [0.2, 0.25) is 0 Å². The number of aromatic nitrogens is 2. The summed E-state index contributed by atoms with van der Waals surface area (Å²) in [7, 11) is -3.23. The van der Waals surface area contributed by atoms with Crippen LogP contribution in [0.2, 0.25) is 0 Å². The average molecular weight is 478 g/mol. The van der Waals surface area contributed by atoms with Gasteiger partial charge < -0.3 is 9.88 Å². The van der Waals surface area contributed by atoms with E-state index in [9.17, 15) is 13.2 Å². The van der Waals surface area contributed by atoms with Gasteiger partial charge in [-0.1, -0.05) is 18.2 Å². The molecule has 1 amide bonds. The number of pyridine rings is 1. The molecule has 168 valence electrons. The molecule has 33 heavy (non-hydrogen) atoms. The summed E-state index contributed by atoms with van der Waals surface area (Å²) in [6.07, 6.45) is 7.86. The van der Waals surface area contributed by atoms with E-state index in [1.807, 2.05) is 30.2 Å². The molecule has 6 nitrogen and oxygen atoms in total. The van der Waals surface area contributed by atoms with Crippen molar-refractivity contribution in [3.63, 3.8) is 0 Å². The lowest BCUT2D eigenvalue weighted by atomic mass is 9.98. The van der Waals surface area contributed by atoms with Gasteiger partial charge in [0.25, 0.3) is 5.91 Å². The summed E-state index contributed by atoms with van der Waals surface area (Å²) in [6, 6.07) is 12.8. The van der Waals surface area contributed by atoms with Crippen LogP contribution in [0.5, 0.6) is 0 Å². The van der Waals surface area contributed by atoms with Gasteiger partial charge in [-0.05, 0) is 54.8 Å². The first kappa shape index (κ1) is 21.6. The predicted octanol–water partition coefficient (Wildman–Crippen LogP) is 4.93. The third-order valence-corrected chi connectivity index (χ3v) is 8.06. The topological polar surface area (TPSA) is 83.1 Å². The summed E-state index contributed by atoms with van der Waals surface area (Å²) in [5.74, 6) is 0.0869. The highest BCUT2D eigenvalue weighted by Crippen LogP contribution is 2.32. The quantitative estimate of drug-likeness (QED) is 0.452. The Balaban J connectivity index is 1.41. The van der Waals surface area contributed by atoms with Crippen molar-refractivity contribution in [1.29, 1.82) is 0 Å². The van der Waals surface area contributed by atoms with Crippen molar-refractivity contribution in [2.45, 2.75) is 18.2 Å². The number of thiophene rings is 1. The van der Waals surface area contributed by atoms with Crippen molar-refractivity contribution in [1.82, 2.24) is 14.9 Å². The van der Waals surface area contributed by atoms with Gasteiger partial charge in [0, 0.05) is 53.1 Å². The van der Waals surface area contributed by atoms with Crippen LogP contribution in [0.15, 0.2) is 65.8 Å². The molecule has 0 aliphatic carbocycles. The molecule has 8 heteroatoms. The van der Waals surface area contributed by atoms with E-state index in [0.717, 1.165) is 43.9 Å². The maximum absolute atomic E-state index is 12.8. The smallest absolute Gasteiger partial charge is 0.264 e. The number of hydrogen-bond donors (Lipinski definition) is 1. The lowest BCUT2D eigenvalue weighted by molar-refractivity contribution is 0.0777. The van der Waals surface area contributed by atoms with Crippen LogP contribution in [0.25, 0.3) is 27.7 Å². The first-order chi connectivity index (χ1) is 15.8. The minimum Gasteiger partial charge on any atom is -0.346 e. The van der Waals surface area contributed by atoms with Crippen molar-refractivity contribution in [3.05, 3.63) is 76.3 Å². The number of sulfone groups is 1. The van der Waals surface area contributed by atoms with E-state index in [-0.39, 0.29) is 5.91 Å². The van der Waals surface area contributed by atoms with E-state index in [4.69, 9.17) is 0 Å². The first-order valence-electron chi connectivity index (χ1n) is 10.6. The number of fused-ring (bicyclic) bond motifs is 1. The zero-order valence-corrected chi connectivity index (χ0v) is 20.0. The second-order valence-corrected chi connectivity index (χ2v) is 11.6. The highest BCUT2D eigenvalue weighted by molar-refractivity contribution is 7.90. The third-order valence-electron chi connectivity index (χ3n) is 5.94. The lowest BCUT2D eigenvalue weighted by Crippen LogP contribution is -2.34. The second kappa shape index (κ2) is 8.28. The molecule has 1 N–H and O–H groups in total. The standard InChI is InChI=1S/C25H23N3O3S2/c1-16-3-8-23(32-16)25(29)28-11-9-18(10-12-28)22-15-27-24-21(22)13-19(14-26-24)17-4-6-20(7-5-17)33(2,30)31/h3-9,13-15H,10-12H2,1-2H3,(H,26,27). The number of carbonyl (C=O) groups excluding carboxylic acids is 1. The van der Waals surface area contributed by atoms with Crippen LogP contribution < -0.4 is 0 Å². The minimum atomic E-state index is -3.23. The largest absolute Gasteiger partial charge is 0.346 e. The van der Waals surface area contributed by atoms with Gasteiger partial charge in [-0.3, -0.25) is 4.79 Å². The van der Waals surface area contributed by atoms with Gasteiger partial charge in [0.1, 0.15) is 5.65 Å². The number of carbonyl (C=O) groups is 1. The average Bonchev–Trinajstić information content (AvgIpc) is 3.44. The highest BCUT2D eigenvalue weighted by Gasteiger charge is 2.22. The molecule has 1 aromatic carbocycles. The number of H-pyrrole nitrogens is 1. The Hall–Kier alpha value is -3.23. The zero-order valence-electron chi connectivity index (χ0n) is 18.3. The molecule has 1 aliphatic heterocycles. The summed E-state index contributed by atoms with van der Waals surface area (Å²) in [6.45, 7) is 3.27. The molecule has 0 saturated carbocycles. The number of amides is 1. The van der Waals surface area contributed by atoms with Crippen LogP contribution in [0, 0.1) is 6.92 Å². The van der Waals surface area contributed by atoms with E-state index < -0.39 is 9.84 Å². The van der Waals surface area contributed by atoms with E-state index in [1.54, 1.807) is 30.5 Å². The first-order valence-corrected chi connectivity index (χ1v) is 13.3. The summed E-state index contributed by atoms with van der Waals surface area (Å²) < 4.78 is 23.5. The fourth-order valence-corrected chi connectivity index (χ4v) is 5.59. The van der Waals surface area contributed by atoms with Crippen molar-refractivity contribution in [2.24, 2.45) is 0 Å². The molecule has 0 saturated heterocycles. The van der Waals surface area contributed by atoms with Gasteiger partial charge in [0.05, 0.1) is 9.77 Å². The molecule has 0 spiro atoms. The fraction of sp³-hybridized carbons (Fsp3) is 0.200. The Morgan fingerprint density at radius 3 is 2.55 bits per heavy atom. The normalized spacial score (nSPS) is 14.5. The summed E-state index contributed by atoms with van der Waals surface area (Å²) in [5.41, 5.74) is 4.91. The van der Waals surface area contributed by atoms with Crippen LogP contribution in [-0.4, -0.2) is 48.5 Å². The molecule has 4 aromatic rings. The number of benzene rings is 1. The van der Waals surface area contributed by atoms with Crippen LogP contribution in [-0.2, 0) is 9.84 Å². The SMILES string of the molecule is Cc1ccc(C(=O)N2CC=C(c3c[nH]c4ncc(-c5ccc(S(C)(=O)=O)cc5)cc34)CC2)s1. The van der Waals surface area contributed by atoms with Gasteiger partial charge >= 0.3 is 0 Å².